The van der Waals surface area contributed by atoms with E-state index in [9.17, 15) is 4.39 Å². The molecule has 0 bridgehead atoms. The summed E-state index contributed by atoms with van der Waals surface area (Å²) in [4.78, 5) is 7.00. The van der Waals surface area contributed by atoms with Gasteiger partial charge in [-0.3, -0.25) is 4.99 Å². The van der Waals surface area contributed by atoms with E-state index in [0.29, 0.717) is 12.6 Å². The van der Waals surface area contributed by atoms with Gasteiger partial charge >= 0.3 is 0 Å². The maximum absolute atomic E-state index is 13.2. The van der Waals surface area contributed by atoms with E-state index in [1.54, 1.807) is 12.1 Å². The molecule has 0 radical (unpaired) electrons. The number of rotatable bonds is 6. The summed E-state index contributed by atoms with van der Waals surface area (Å²) < 4.78 is 18.9. The van der Waals surface area contributed by atoms with Crippen LogP contribution in [0.5, 0.6) is 0 Å². The minimum Gasteiger partial charge on any atom is -0.378 e. The lowest BCUT2D eigenvalue weighted by atomic mass is 10.1. The van der Waals surface area contributed by atoms with E-state index in [4.69, 9.17) is 9.73 Å². The van der Waals surface area contributed by atoms with Crippen LogP contribution < -0.4 is 5.32 Å². The van der Waals surface area contributed by atoms with Crippen molar-refractivity contribution in [3.8, 4) is 0 Å². The molecule has 23 heavy (non-hydrogen) atoms. The van der Waals surface area contributed by atoms with E-state index >= 15 is 0 Å². The van der Waals surface area contributed by atoms with Crippen molar-refractivity contribution in [2.24, 2.45) is 4.99 Å². The first-order valence-corrected chi connectivity index (χ1v) is 8.62. The van der Waals surface area contributed by atoms with Crippen LogP contribution in [0, 0.1) is 5.82 Å². The van der Waals surface area contributed by atoms with Gasteiger partial charge in [-0.2, -0.15) is 0 Å². The van der Waals surface area contributed by atoms with Gasteiger partial charge in [0.2, 0.25) is 0 Å². The normalized spacial score (nSPS) is 16.7. The van der Waals surface area contributed by atoms with Gasteiger partial charge in [0.1, 0.15) is 5.82 Å². The van der Waals surface area contributed by atoms with Gasteiger partial charge in [-0.15, -0.1) is 0 Å². The number of nitrogens with one attached hydrogen (secondary N) is 1. The number of likely N-dealkylation sites (tertiary alicyclic amines) is 1. The van der Waals surface area contributed by atoms with Crippen LogP contribution in [0.25, 0.3) is 0 Å². The second-order valence-corrected chi connectivity index (χ2v) is 5.76. The maximum Gasteiger partial charge on any atom is 0.193 e. The third-order valence-electron chi connectivity index (χ3n) is 4.03. The van der Waals surface area contributed by atoms with Crippen LogP contribution in [0.2, 0.25) is 0 Å². The standard InChI is InChI=1S/C18H28FN3O/c1-3-20-18(22-12-9-17(10-13-22)23-4-2)21-11-8-15-6-5-7-16(19)14-15/h5-7,14,17H,3-4,8-13H2,1-2H3,(H,20,21). The molecule has 0 aromatic heterocycles. The Bertz CT molecular complexity index is 499. The number of nitrogens with zero attached hydrogens (tertiary/aromatic N) is 2. The monoisotopic (exact) mass is 321 g/mol. The number of benzene rings is 1. The zero-order valence-corrected chi connectivity index (χ0v) is 14.2. The van der Waals surface area contributed by atoms with Crippen LogP contribution in [-0.2, 0) is 11.2 Å². The van der Waals surface area contributed by atoms with Crippen molar-refractivity contribution in [2.75, 3.05) is 32.8 Å². The van der Waals surface area contributed by atoms with Crippen LogP contribution in [0.1, 0.15) is 32.3 Å². The molecule has 5 heteroatoms. The highest BCUT2D eigenvalue weighted by molar-refractivity contribution is 5.80. The second kappa shape index (κ2) is 9.50. The summed E-state index contributed by atoms with van der Waals surface area (Å²) in [5.41, 5.74) is 0.986. The summed E-state index contributed by atoms with van der Waals surface area (Å²) >= 11 is 0. The van der Waals surface area contributed by atoms with Crippen molar-refractivity contribution < 1.29 is 9.13 Å². The lowest BCUT2D eigenvalue weighted by molar-refractivity contribution is 0.0264. The molecule has 0 atom stereocenters. The number of hydrogen-bond acceptors (Lipinski definition) is 2. The second-order valence-electron chi connectivity index (χ2n) is 5.76. The van der Waals surface area contributed by atoms with E-state index in [0.717, 1.165) is 57.0 Å². The first-order chi connectivity index (χ1) is 11.2. The summed E-state index contributed by atoms with van der Waals surface area (Å²) in [5, 5.41) is 3.36. The van der Waals surface area contributed by atoms with Crippen molar-refractivity contribution >= 4 is 5.96 Å². The highest BCUT2D eigenvalue weighted by Crippen LogP contribution is 2.14. The molecule has 0 amide bonds. The van der Waals surface area contributed by atoms with Gasteiger partial charge in [0, 0.05) is 32.8 Å². The van der Waals surface area contributed by atoms with Gasteiger partial charge in [-0.25, -0.2) is 4.39 Å². The lowest BCUT2D eigenvalue weighted by Gasteiger charge is -2.34. The molecule has 2 rings (SSSR count). The van der Waals surface area contributed by atoms with Crippen LogP contribution in [0.3, 0.4) is 0 Å². The van der Waals surface area contributed by atoms with Crippen molar-refractivity contribution in [1.82, 2.24) is 10.2 Å². The molecule has 1 aromatic rings. The minimum absolute atomic E-state index is 0.184. The Morgan fingerprint density at radius 1 is 1.35 bits per heavy atom. The number of aliphatic imine (C=N–C) groups is 1. The predicted molar refractivity (Wildman–Crippen MR) is 92.3 cm³/mol. The average Bonchev–Trinajstić information content (AvgIpc) is 2.55. The Morgan fingerprint density at radius 3 is 2.78 bits per heavy atom. The first kappa shape index (κ1) is 17.7. The van der Waals surface area contributed by atoms with Crippen LogP contribution in [0.4, 0.5) is 4.39 Å². The highest BCUT2D eigenvalue weighted by Gasteiger charge is 2.21. The lowest BCUT2D eigenvalue weighted by Crippen LogP contribution is -2.47. The van der Waals surface area contributed by atoms with E-state index in [1.165, 1.54) is 6.07 Å². The molecule has 1 aromatic carbocycles. The maximum atomic E-state index is 13.2. The van der Waals surface area contributed by atoms with Crippen molar-refractivity contribution in [3.05, 3.63) is 35.6 Å². The molecule has 1 fully saturated rings. The summed E-state index contributed by atoms with van der Waals surface area (Å²) in [5.74, 6) is 0.773. The van der Waals surface area contributed by atoms with Gasteiger partial charge in [0.25, 0.3) is 0 Å². The van der Waals surface area contributed by atoms with Gasteiger partial charge in [-0.05, 0) is 50.8 Å². The summed E-state index contributed by atoms with van der Waals surface area (Å²) in [6, 6.07) is 6.74. The van der Waals surface area contributed by atoms with E-state index < -0.39 is 0 Å². The van der Waals surface area contributed by atoms with E-state index in [2.05, 4.69) is 17.1 Å². The largest absolute Gasteiger partial charge is 0.378 e. The molecule has 0 unspecified atom stereocenters. The number of piperidine rings is 1. The number of guanidine groups is 1. The quantitative estimate of drug-likeness (QED) is 0.646. The minimum atomic E-state index is -0.184. The number of hydrogen-bond donors (Lipinski definition) is 1. The molecule has 0 saturated carbocycles. The number of halogens is 1. The van der Waals surface area contributed by atoms with Crippen molar-refractivity contribution in [3.63, 3.8) is 0 Å². The van der Waals surface area contributed by atoms with Crippen LogP contribution in [-0.4, -0.2) is 49.7 Å². The topological polar surface area (TPSA) is 36.9 Å². The Labute approximate surface area is 138 Å². The molecule has 128 valence electrons. The molecule has 1 saturated heterocycles. The van der Waals surface area contributed by atoms with Crippen LogP contribution in [0.15, 0.2) is 29.3 Å². The van der Waals surface area contributed by atoms with Gasteiger partial charge in [-0.1, -0.05) is 12.1 Å². The third kappa shape index (κ3) is 5.82. The molecule has 1 aliphatic rings. The highest BCUT2D eigenvalue weighted by atomic mass is 19.1. The fourth-order valence-electron chi connectivity index (χ4n) is 2.88. The summed E-state index contributed by atoms with van der Waals surface area (Å²) in [6.45, 7) is 8.36. The Morgan fingerprint density at radius 2 is 2.13 bits per heavy atom. The Kier molecular flexibility index (Phi) is 7.33. The van der Waals surface area contributed by atoms with Crippen molar-refractivity contribution in [1.29, 1.82) is 0 Å². The summed E-state index contributed by atoms with van der Waals surface area (Å²) in [6.07, 6.45) is 3.22. The molecule has 1 heterocycles. The predicted octanol–water partition coefficient (Wildman–Crippen LogP) is 2.83. The molecule has 4 nitrogen and oxygen atoms in total. The third-order valence-corrected chi connectivity index (χ3v) is 4.03. The Balaban J connectivity index is 1.87. The smallest absolute Gasteiger partial charge is 0.193 e. The van der Waals surface area contributed by atoms with Crippen LogP contribution >= 0.6 is 0 Å². The molecule has 0 aliphatic carbocycles. The van der Waals surface area contributed by atoms with Crippen molar-refractivity contribution in [2.45, 2.75) is 39.2 Å². The number of ether oxygens (including phenoxy) is 1. The molecular weight excluding hydrogens is 293 g/mol. The molecular formula is C18H28FN3O. The van der Waals surface area contributed by atoms with Gasteiger partial charge in [0.05, 0.1) is 6.10 Å². The van der Waals surface area contributed by atoms with Gasteiger partial charge < -0.3 is 15.0 Å². The SMILES string of the molecule is CCNC(=NCCc1cccc(F)c1)N1CCC(OCC)CC1. The average molecular weight is 321 g/mol. The zero-order valence-electron chi connectivity index (χ0n) is 14.2. The molecule has 0 spiro atoms. The fourth-order valence-corrected chi connectivity index (χ4v) is 2.88. The first-order valence-electron chi connectivity index (χ1n) is 8.62. The molecule has 1 N–H and O–H groups in total. The fraction of sp³-hybridized carbons (Fsp3) is 0.611. The zero-order chi connectivity index (χ0) is 16.5. The Hall–Kier alpha value is -1.62. The van der Waals surface area contributed by atoms with E-state index in [1.807, 2.05) is 13.0 Å². The summed E-state index contributed by atoms with van der Waals surface area (Å²) in [7, 11) is 0. The molecule has 1 aliphatic heterocycles. The van der Waals surface area contributed by atoms with Gasteiger partial charge in [0.15, 0.2) is 5.96 Å². The van der Waals surface area contributed by atoms with E-state index in [-0.39, 0.29) is 5.82 Å².